The molecule has 0 saturated carbocycles. The fourth-order valence-corrected chi connectivity index (χ4v) is 7.45. The summed E-state index contributed by atoms with van der Waals surface area (Å²) in [5.74, 6) is -0.590. The predicted octanol–water partition coefficient (Wildman–Crippen LogP) is 3.67. The molecule has 11 heteroatoms. The molecule has 2 aliphatic heterocycles. The highest BCUT2D eigenvalue weighted by Gasteiger charge is 2.45. The molecule has 3 heterocycles. The molecule has 8 nitrogen and oxygen atoms in total. The number of carbonyl (C=O) groups is 1. The van der Waals surface area contributed by atoms with E-state index in [-0.39, 0.29) is 37.0 Å². The van der Waals surface area contributed by atoms with Crippen LogP contribution in [0.3, 0.4) is 0 Å². The van der Waals surface area contributed by atoms with Gasteiger partial charge in [-0.25, -0.2) is 13.2 Å². The second-order valence-electron chi connectivity index (χ2n) is 12.1. The third-order valence-electron chi connectivity index (χ3n) is 9.56. The maximum absolute atomic E-state index is 15.2. The zero-order valence-corrected chi connectivity index (χ0v) is 23.8. The predicted molar refractivity (Wildman–Crippen MR) is 150 cm³/mol. The summed E-state index contributed by atoms with van der Waals surface area (Å²) in [5, 5.41) is 9.47. The number of alkyl halides is 1. The molecular weight excluding hydrogens is 545 g/mol. The summed E-state index contributed by atoms with van der Waals surface area (Å²) in [6.07, 6.45) is 3.96. The Labute approximate surface area is 243 Å². The topological polar surface area (TPSA) is 85.6 Å². The van der Waals surface area contributed by atoms with Gasteiger partial charge in [0.1, 0.15) is 30.2 Å². The Balaban J connectivity index is 1.35. The van der Waals surface area contributed by atoms with Crippen LogP contribution in [0, 0.1) is 23.0 Å². The van der Waals surface area contributed by atoms with Crippen LogP contribution < -0.4 is 9.64 Å². The molecule has 1 aromatic heterocycles. The van der Waals surface area contributed by atoms with E-state index in [0.29, 0.717) is 81.6 Å². The standard InChI is InChI=1S/C31H35F3N6O2/c1-3-27(41)40-11-10-39(17-22(40)6-9-35)29-24-5-8-31(7-4-19-12-20(32)14-25(34)28(19)31)15-26(24)36-30(37-29)42-18-23-13-21(33)16-38(23)2/h3,12,14,21-23H,1,4-8,10-11,13,15-18H2,2H3/t21-,22+,23+,31?/m1/s1. The molecule has 42 heavy (non-hydrogen) atoms. The average Bonchev–Trinajstić information content (AvgIpc) is 3.48. The second-order valence-corrected chi connectivity index (χ2v) is 12.1. The van der Waals surface area contributed by atoms with E-state index in [1.165, 1.54) is 12.1 Å². The van der Waals surface area contributed by atoms with Gasteiger partial charge in [-0.05, 0) is 62.4 Å². The molecular formula is C31H35F3N6O2. The number of fused-ring (bicyclic) bond motifs is 3. The van der Waals surface area contributed by atoms with Crippen LogP contribution in [0.25, 0.3) is 0 Å². The van der Waals surface area contributed by atoms with Gasteiger partial charge in [0.2, 0.25) is 5.91 Å². The summed E-state index contributed by atoms with van der Waals surface area (Å²) < 4.78 is 49.3. The fraction of sp³-hybridized carbons (Fsp3) is 0.548. The summed E-state index contributed by atoms with van der Waals surface area (Å²) in [6, 6.07) is 4.34. The maximum atomic E-state index is 15.2. The average molecular weight is 581 g/mol. The van der Waals surface area contributed by atoms with E-state index in [2.05, 4.69) is 17.5 Å². The first-order valence-corrected chi connectivity index (χ1v) is 14.6. The summed E-state index contributed by atoms with van der Waals surface area (Å²) in [5.41, 5.74) is 2.53. The minimum atomic E-state index is -0.905. The number of aromatic nitrogens is 2. The first-order valence-electron chi connectivity index (χ1n) is 14.6. The first-order chi connectivity index (χ1) is 20.2. The number of likely N-dealkylation sites (tertiary alicyclic amines) is 1. The number of likely N-dealkylation sites (N-methyl/N-ethyl adjacent to an activating group) is 1. The van der Waals surface area contributed by atoms with Crippen LogP contribution in [-0.2, 0) is 29.5 Å². The minimum Gasteiger partial charge on any atom is -0.462 e. The lowest BCUT2D eigenvalue weighted by Crippen LogP contribution is -2.55. The Bertz CT molecular complexity index is 1450. The van der Waals surface area contributed by atoms with Crippen LogP contribution in [-0.4, -0.2) is 83.8 Å². The molecule has 1 spiro atoms. The van der Waals surface area contributed by atoms with Gasteiger partial charge in [0.15, 0.2) is 0 Å². The molecule has 1 unspecified atom stereocenters. The Morgan fingerprint density at radius 1 is 1.21 bits per heavy atom. The van der Waals surface area contributed by atoms with Crippen LogP contribution in [0.2, 0.25) is 0 Å². The van der Waals surface area contributed by atoms with E-state index in [0.717, 1.165) is 17.3 Å². The van der Waals surface area contributed by atoms with Crippen LogP contribution in [0.1, 0.15) is 48.1 Å². The van der Waals surface area contributed by atoms with Gasteiger partial charge in [0.05, 0.1) is 24.2 Å². The van der Waals surface area contributed by atoms with Crippen LogP contribution in [0.15, 0.2) is 24.8 Å². The van der Waals surface area contributed by atoms with E-state index in [9.17, 15) is 18.8 Å². The number of benzene rings is 1. The van der Waals surface area contributed by atoms with Crippen molar-refractivity contribution in [1.82, 2.24) is 19.8 Å². The number of nitriles is 1. The number of anilines is 1. The molecule has 222 valence electrons. The van der Waals surface area contributed by atoms with Crippen LogP contribution in [0.5, 0.6) is 6.01 Å². The van der Waals surface area contributed by atoms with Gasteiger partial charge in [0, 0.05) is 55.7 Å². The van der Waals surface area contributed by atoms with E-state index in [4.69, 9.17) is 14.7 Å². The number of ether oxygens (including phenoxy) is 1. The Kier molecular flexibility index (Phi) is 7.60. The third kappa shape index (κ3) is 5.10. The largest absolute Gasteiger partial charge is 0.462 e. The van der Waals surface area contributed by atoms with Gasteiger partial charge in [-0.15, -0.1) is 0 Å². The van der Waals surface area contributed by atoms with Crippen molar-refractivity contribution in [2.45, 2.75) is 68.6 Å². The third-order valence-corrected chi connectivity index (χ3v) is 9.56. The van der Waals surface area contributed by atoms with Crippen molar-refractivity contribution >= 4 is 11.7 Å². The van der Waals surface area contributed by atoms with Gasteiger partial charge in [0.25, 0.3) is 0 Å². The Morgan fingerprint density at radius 3 is 2.76 bits per heavy atom. The van der Waals surface area contributed by atoms with E-state index < -0.39 is 23.2 Å². The number of hydrogen-bond donors (Lipinski definition) is 0. The molecule has 1 amide bonds. The number of hydrogen-bond acceptors (Lipinski definition) is 7. The number of piperazine rings is 1. The van der Waals surface area contributed by atoms with E-state index in [1.54, 1.807) is 4.90 Å². The van der Waals surface area contributed by atoms with Crippen molar-refractivity contribution < 1.29 is 22.7 Å². The molecule has 2 fully saturated rings. The van der Waals surface area contributed by atoms with Crippen molar-refractivity contribution in [3.05, 3.63) is 58.8 Å². The van der Waals surface area contributed by atoms with Crippen molar-refractivity contribution in [2.24, 2.45) is 0 Å². The summed E-state index contributed by atoms with van der Waals surface area (Å²) in [4.78, 5) is 27.8. The fourth-order valence-electron chi connectivity index (χ4n) is 7.45. The SMILES string of the molecule is C=CC(=O)N1CCN(c2nc(OC[C@@H]3C[C@@H](F)CN3C)nc3c2CCC2(CCc4cc(F)cc(F)c42)C3)C[C@@H]1CC#N. The highest BCUT2D eigenvalue weighted by Crippen LogP contribution is 2.50. The van der Waals surface area contributed by atoms with Gasteiger partial charge in [-0.1, -0.05) is 6.58 Å². The molecule has 0 N–H and O–H groups in total. The van der Waals surface area contributed by atoms with Gasteiger partial charge in [-0.2, -0.15) is 15.2 Å². The molecule has 1 aromatic carbocycles. The lowest BCUT2D eigenvalue weighted by atomic mass is 9.69. The number of rotatable bonds is 6. The number of carbonyl (C=O) groups excluding carboxylic acids is 1. The maximum Gasteiger partial charge on any atom is 0.318 e. The normalized spacial score (nSPS) is 27.1. The summed E-state index contributed by atoms with van der Waals surface area (Å²) in [6.45, 7) is 5.51. The second kappa shape index (κ2) is 11.2. The monoisotopic (exact) mass is 580 g/mol. The van der Waals surface area contributed by atoms with E-state index in [1.807, 2.05) is 11.9 Å². The smallest absolute Gasteiger partial charge is 0.318 e. The minimum absolute atomic E-state index is 0.103. The zero-order valence-electron chi connectivity index (χ0n) is 23.8. The zero-order chi connectivity index (χ0) is 29.6. The van der Waals surface area contributed by atoms with E-state index >= 15 is 4.39 Å². The first kappa shape index (κ1) is 28.5. The molecule has 0 radical (unpaired) electrons. The molecule has 2 aliphatic carbocycles. The van der Waals surface area contributed by atoms with Crippen molar-refractivity contribution in [1.29, 1.82) is 5.26 Å². The molecule has 6 rings (SSSR count). The highest BCUT2D eigenvalue weighted by atomic mass is 19.1. The van der Waals surface area contributed by atoms with Gasteiger partial charge >= 0.3 is 6.01 Å². The van der Waals surface area contributed by atoms with Crippen molar-refractivity contribution in [3.8, 4) is 12.1 Å². The van der Waals surface area contributed by atoms with Crippen molar-refractivity contribution in [2.75, 3.05) is 44.7 Å². The number of aryl methyl sites for hydroxylation is 1. The Morgan fingerprint density at radius 2 is 2.02 bits per heavy atom. The van der Waals surface area contributed by atoms with Gasteiger partial charge in [-0.3, -0.25) is 9.69 Å². The van der Waals surface area contributed by atoms with Gasteiger partial charge < -0.3 is 14.5 Å². The summed E-state index contributed by atoms with van der Waals surface area (Å²) in [7, 11) is 1.87. The van der Waals surface area contributed by atoms with Crippen LogP contribution in [0.4, 0.5) is 19.0 Å². The van der Waals surface area contributed by atoms with Crippen LogP contribution >= 0.6 is 0 Å². The number of halogens is 3. The molecule has 0 bridgehead atoms. The molecule has 4 aliphatic rings. The summed E-state index contributed by atoms with van der Waals surface area (Å²) >= 11 is 0. The lowest BCUT2D eigenvalue weighted by Gasteiger charge is -2.42. The number of nitrogens with zero attached hydrogens (tertiary/aromatic N) is 6. The molecule has 2 saturated heterocycles. The Hall–Kier alpha value is -3.65. The van der Waals surface area contributed by atoms with Crippen molar-refractivity contribution in [3.63, 3.8) is 0 Å². The quantitative estimate of drug-likeness (QED) is 0.482. The molecule has 2 aromatic rings. The highest BCUT2D eigenvalue weighted by molar-refractivity contribution is 5.87. The molecule has 4 atom stereocenters. The lowest BCUT2D eigenvalue weighted by molar-refractivity contribution is -0.128. The number of amides is 1.